The number of fused-ring (bicyclic) bond motifs is 1. The highest BCUT2D eigenvalue weighted by Crippen LogP contribution is 2.27. The highest BCUT2D eigenvalue weighted by molar-refractivity contribution is 6.31. The van der Waals surface area contributed by atoms with Crippen molar-refractivity contribution >= 4 is 51.9 Å². The number of amides is 3. The third-order valence-electron chi connectivity index (χ3n) is 11.2. The fourth-order valence-corrected chi connectivity index (χ4v) is 7.90. The number of aromatic amines is 1. The van der Waals surface area contributed by atoms with Gasteiger partial charge in [0, 0.05) is 69.6 Å². The van der Waals surface area contributed by atoms with E-state index in [4.69, 9.17) is 21.6 Å². The third kappa shape index (κ3) is 11.7. The fourth-order valence-electron chi connectivity index (χ4n) is 7.69. The molecule has 0 spiro atoms. The lowest BCUT2D eigenvalue weighted by Gasteiger charge is -2.36. The van der Waals surface area contributed by atoms with Gasteiger partial charge in [-0.25, -0.2) is 4.98 Å². The van der Waals surface area contributed by atoms with Gasteiger partial charge in [0.1, 0.15) is 17.5 Å². The number of anilines is 2. The zero-order valence-corrected chi connectivity index (χ0v) is 35.4. The first-order chi connectivity index (χ1) is 30.1. The molecule has 322 valence electrons. The number of hydrogen-bond donors (Lipinski definition) is 4. The molecule has 2 fully saturated rings. The van der Waals surface area contributed by atoms with E-state index < -0.39 is 0 Å². The Morgan fingerprint density at radius 1 is 0.903 bits per heavy atom. The number of nitrogens with one attached hydrogen (secondary N) is 4. The second-order valence-electron chi connectivity index (χ2n) is 15.7. The van der Waals surface area contributed by atoms with Gasteiger partial charge < -0.3 is 30.6 Å². The Morgan fingerprint density at radius 2 is 1.71 bits per heavy atom. The molecular formula is C45H50ClN11O5. The number of benzene rings is 1. The molecule has 3 amide bonds. The summed E-state index contributed by atoms with van der Waals surface area (Å²) >= 11 is 6.12. The molecule has 4 N–H and O–H groups in total. The number of H-pyrrole nitrogens is 1. The molecule has 16 nitrogen and oxygen atoms in total. The molecule has 4 aromatic heterocycles. The molecule has 7 rings (SSSR count). The summed E-state index contributed by atoms with van der Waals surface area (Å²) in [6.07, 6.45) is 9.61. The quantitative estimate of drug-likeness (QED) is 0.0898. The van der Waals surface area contributed by atoms with E-state index in [1.807, 2.05) is 37.4 Å². The van der Waals surface area contributed by atoms with Crippen molar-refractivity contribution in [2.24, 2.45) is 0 Å². The van der Waals surface area contributed by atoms with Crippen molar-refractivity contribution < 1.29 is 19.1 Å². The minimum absolute atomic E-state index is 0.0122. The van der Waals surface area contributed by atoms with E-state index in [-0.39, 0.29) is 53.4 Å². The van der Waals surface area contributed by atoms with Gasteiger partial charge in [0.25, 0.3) is 17.4 Å². The van der Waals surface area contributed by atoms with E-state index in [0.717, 1.165) is 92.7 Å². The number of ether oxygens (including phenoxy) is 1. The summed E-state index contributed by atoms with van der Waals surface area (Å²) in [5.41, 5.74) is 5.17. The van der Waals surface area contributed by atoms with Crippen LogP contribution in [0.25, 0.3) is 11.0 Å². The summed E-state index contributed by atoms with van der Waals surface area (Å²) in [5, 5.41) is 26.1. The monoisotopic (exact) mass is 859 g/mol. The molecule has 1 saturated carbocycles. The van der Waals surface area contributed by atoms with Crippen LogP contribution in [-0.2, 0) is 17.8 Å². The van der Waals surface area contributed by atoms with Crippen molar-refractivity contribution in [1.29, 1.82) is 5.26 Å². The SMILES string of the molecule is CCc1cc2ncc(CN3CCN(c4ccc(C(=O)NCCCCCC(=O)Nc5ccc(C(=O)NC6CCC(Oc7ccc(C#N)c(Cl)c7)CC6)nn5)nc4)CC3)cc2[nH]c1=O. The minimum atomic E-state index is -0.330. The maximum Gasteiger partial charge on any atom is 0.272 e. The molecule has 2 aliphatic rings. The molecule has 62 heavy (non-hydrogen) atoms. The van der Waals surface area contributed by atoms with Crippen molar-refractivity contribution in [2.45, 2.75) is 83.4 Å². The fraction of sp³-hybridized carbons (Fsp3) is 0.400. The van der Waals surface area contributed by atoms with E-state index in [1.165, 1.54) is 6.07 Å². The first-order valence-electron chi connectivity index (χ1n) is 21.2. The highest BCUT2D eigenvalue weighted by Gasteiger charge is 2.25. The van der Waals surface area contributed by atoms with Gasteiger partial charge in [-0.15, -0.1) is 10.2 Å². The summed E-state index contributed by atoms with van der Waals surface area (Å²) in [6, 6.07) is 17.7. The maximum absolute atomic E-state index is 12.8. The number of hydrogen-bond acceptors (Lipinski definition) is 12. The van der Waals surface area contributed by atoms with Crippen LogP contribution < -0.4 is 31.1 Å². The van der Waals surface area contributed by atoms with E-state index in [2.05, 4.69) is 50.9 Å². The largest absolute Gasteiger partial charge is 0.490 e. The number of aromatic nitrogens is 5. The molecule has 0 bridgehead atoms. The number of unbranched alkanes of at least 4 members (excludes halogenated alkanes) is 2. The summed E-state index contributed by atoms with van der Waals surface area (Å²) in [6.45, 7) is 6.52. The Morgan fingerprint density at radius 3 is 2.42 bits per heavy atom. The second kappa shape index (κ2) is 20.9. The van der Waals surface area contributed by atoms with Crippen molar-refractivity contribution in [1.82, 2.24) is 40.7 Å². The molecule has 17 heteroatoms. The second-order valence-corrected chi connectivity index (χ2v) is 16.1. The molecular weight excluding hydrogens is 810 g/mol. The van der Waals surface area contributed by atoms with Crippen molar-refractivity contribution in [3.63, 3.8) is 0 Å². The lowest BCUT2D eigenvalue weighted by Crippen LogP contribution is -2.46. The van der Waals surface area contributed by atoms with Gasteiger partial charge in [-0.1, -0.05) is 24.9 Å². The number of pyridine rings is 3. The zero-order valence-electron chi connectivity index (χ0n) is 34.7. The van der Waals surface area contributed by atoms with Gasteiger partial charge in [0.15, 0.2) is 11.5 Å². The Kier molecular flexibility index (Phi) is 14.7. The molecule has 0 unspecified atom stereocenters. The average Bonchev–Trinajstić information content (AvgIpc) is 3.28. The molecule has 0 radical (unpaired) electrons. The summed E-state index contributed by atoms with van der Waals surface area (Å²) in [5.74, 6) is 0.100. The summed E-state index contributed by atoms with van der Waals surface area (Å²) in [7, 11) is 0. The predicted molar refractivity (Wildman–Crippen MR) is 235 cm³/mol. The van der Waals surface area contributed by atoms with Crippen LogP contribution in [0.5, 0.6) is 5.75 Å². The first-order valence-corrected chi connectivity index (χ1v) is 21.5. The maximum atomic E-state index is 12.8. The topological polar surface area (TPSA) is 211 Å². The smallest absolute Gasteiger partial charge is 0.272 e. The Balaban J connectivity index is 0.738. The number of piperazine rings is 1. The van der Waals surface area contributed by atoms with E-state index in [1.54, 1.807) is 36.5 Å². The van der Waals surface area contributed by atoms with E-state index in [0.29, 0.717) is 47.8 Å². The number of nitriles is 1. The third-order valence-corrected chi connectivity index (χ3v) is 11.5. The van der Waals surface area contributed by atoms with Crippen LogP contribution in [0.4, 0.5) is 11.5 Å². The van der Waals surface area contributed by atoms with Crippen molar-refractivity contribution in [3.8, 4) is 11.8 Å². The van der Waals surface area contributed by atoms with Crippen LogP contribution in [-0.4, -0.2) is 92.6 Å². The number of carbonyl (C=O) groups is 3. The molecule has 1 aliphatic carbocycles. The Hall–Kier alpha value is -6.44. The standard InChI is InChI=1S/C45H50ClN11O5/c1-2-30-23-39-40(52-43(30)59)22-29(26-49-39)28-56-18-20-57(21-19-56)33-10-14-37(50-27-33)44(60)48-17-5-3-4-6-42(58)53-41-16-15-38(54-55-41)45(61)51-32-8-12-34(13-9-32)62-35-11-7-31(25-47)36(46)24-35/h7,10-11,14-16,22-24,26-27,32,34H,2-6,8-9,12-13,17-21,28H2,1H3,(H,48,60)(H,51,61)(H,52,59)(H,53,55,58). The minimum Gasteiger partial charge on any atom is -0.490 e. The number of carbonyl (C=O) groups excluding carboxylic acids is 3. The van der Waals surface area contributed by atoms with Crippen molar-refractivity contribution in [2.75, 3.05) is 42.9 Å². The predicted octanol–water partition coefficient (Wildman–Crippen LogP) is 5.57. The van der Waals surface area contributed by atoms with Crippen molar-refractivity contribution in [3.05, 3.63) is 110 Å². The lowest BCUT2D eigenvalue weighted by atomic mass is 9.93. The van der Waals surface area contributed by atoms with Gasteiger partial charge >= 0.3 is 0 Å². The summed E-state index contributed by atoms with van der Waals surface area (Å²) in [4.78, 5) is 66.9. The molecule has 1 aliphatic heterocycles. The first kappa shape index (κ1) is 43.6. The molecule has 0 atom stereocenters. The van der Waals surface area contributed by atoms with E-state index >= 15 is 0 Å². The number of halogens is 1. The summed E-state index contributed by atoms with van der Waals surface area (Å²) < 4.78 is 6.04. The average molecular weight is 860 g/mol. The number of nitrogens with zero attached hydrogens (tertiary/aromatic N) is 7. The lowest BCUT2D eigenvalue weighted by molar-refractivity contribution is -0.116. The van der Waals surface area contributed by atoms with Gasteiger partial charge in [-0.3, -0.25) is 29.1 Å². The molecule has 5 heterocycles. The van der Waals surface area contributed by atoms with Gasteiger partial charge in [0.2, 0.25) is 5.91 Å². The van der Waals surface area contributed by atoms with Gasteiger partial charge in [-0.05, 0) is 99.0 Å². The van der Waals surface area contributed by atoms with Crippen LogP contribution in [0.2, 0.25) is 5.02 Å². The Bertz CT molecular complexity index is 2460. The van der Waals surface area contributed by atoms with Crippen LogP contribution in [0.3, 0.4) is 0 Å². The van der Waals surface area contributed by atoms with Gasteiger partial charge in [-0.2, -0.15) is 5.26 Å². The number of aryl methyl sites for hydroxylation is 1. The molecule has 1 saturated heterocycles. The van der Waals surface area contributed by atoms with Crippen LogP contribution in [0.1, 0.15) is 96.0 Å². The zero-order chi connectivity index (χ0) is 43.4. The van der Waals surface area contributed by atoms with Crippen LogP contribution in [0.15, 0.2) is 71.8 Å². The van der Waals surface area contributed by atoms with Gasteiger partial charge in [0.05, 0.1) is 39.6 Å². The van der Waals surface area contributed by atoms with Crippen LogP contribution in [0, 0.1) is 11.3 Å². The molecule has 5 aromatic rings. The van der Waals surface area contributed by atoms with Crippen LogP contribution >= 0.6 is 11.6 Å². The van der Waals surface area contributed by atoms with E-state index in [9.17, 15) is 19.2 Å². The normalized spacial score (nSPS) is 16.6. The highest BCUT2D eigenvalue weighted by atomic mass is 35.5. The molecule has 1 aromatic carbocycles. The number of rotatable bonds is 16. The Labute approximate surface area is 364 Å².